The fourth-order valence-corrected chi connectivity index (χ4v) is 3.41. The van der Waals surface area contributed by atoms with E-state index in [0.29, 0.717) is 12.5 Å². The molecule has 1 aliphatic heterocycles. The van der Waals surface area contributed by atoms with Gasteiger partial charge in [0.1, 0.15) is 6.54 Å². The van der Waals surface area contributed by atoms with Gasteiger partial charge in [-0.25, -0.2) is 4.79 Å². The van der Waals surface area contributed by atoms with E-state index in [9.17, 15) is 9.59 Å². The molecule has 3 rings (SSSR count). The molecule has 22 heavy (non-hydrogen) atoms. The molecule has 118 valence electrons. The van der Waals surface area contributed by atoms with Crippen molar-refractivity contribution < 1.29 is 4.79 Å². The highest BCUT2D eigenvalue weighted by molar-refractivity contribution is 5.80. The lowest BCUT2D eigenvalue weighted by Gasteiger charge is -2.39. The van der Waals surface area contributed by atoms with Gasteiger partial charge in [0.25, 0.3) is 0 Å². The van der Waals surface area contributed by atoms with Gasteiger partial charge in [0.2, 0.25) is 5.91 Å². The molecule has 6 nitrogen and oxygen atoms in total. The van der Waals surface area contributed by atoms with E-state index in [2.05, 4.69) is 11.9 Å². The first-order valence-corrected chi connectivity index (χ1v) is 7.79. The maximum atomic E-state index is 12.7. The summed E-state index contributed by atoms with van der Waals surface area (Å²) in [5.74, 6) is 0.372. The highest BCUT2D eigenvalue weighted by Gasteiger charge is 2.31. The Morgan fingerprint density at radius 3 is 2.95 bits per heavy atom. The Labute approximate surface area is 128 Å². The molecule has 0 unspecified atom stereocenters. The molecule has 1 aromatic carbocycles. The van der Waals surface area contributed by atoms with Gasteiger partial charge in [0, 0.05) is 19.1 Å². The number of nitrogens with one attached hydrogen (secondary N) is 1. The normalized spacial score (nSPS) is 22.2. The van der Waals surface area contributed by atoms with Crippen molar-refractivity contribution >= 4 is 16.9 Å². The van der Waals surface area contributed by atoms with E-state index in [1.54, 1.807) is 0 Å². The fraction of sp³-hybridized carbons (Fsp3) is 0.500. The smallest absolute Gasteiger partial charge is 0.326 e. The molecule has 1 aromatic heterocycles. The van der Waals surface area contributed by atoms with Gasteiger partial charge < -0.3 is 15.6 Å². The molecule has 6 heteroatoms. The molecule has 1 aliphatic rings. The Balaban J connectivity index is 1.86. The van der Waals surface area contributed by atoms with Gasteiger partial charge in [0.15, 0.2) is 0 Å². The van der Waals surface area contributed by atoms with Gasteiger partial charge in [-0.05, 0) is 30.9 Å². The molecule has 3 N–H and O–H groups in total. The van der Waals surface area contributed by atoms with Crippen molar-refractivity contribution in [3.8, 4) is 0 Å². The van der Waals surface area contributed by atoms with Crippen LogP contribution in [0, 0.1) is 5.92 Å². The van der Waals surface area contributed by atoms with Crippen LogP contribution in [0.1, 0.15) is 19.8 Å². The van der Waals surface area contributed by atoms with E-state index < -0.39 is 0 Å². The van der Waals surface area contributed by atoms with Crippen LogP contribution in [0.4, 0.5) is 0 Å². The van der Waals surface area contributed by atoms with Crippen LogP contribution >= 0.6 is 0 Å². The predicted octanol–water partition coefficient (Wildman–Crippen LogP) is 0.915. The van der Waals surface area contributed by atoms with Gasteiger partial charge in [0.05, 0.1) is 11.0 Å². The zero-order valence-electron chi connectivity index (χ0n) is 12.8. The molecule has 1 amide bonds. The molecule has 0 saturated carbocycles. The Morgan fingerprint density at radius 1 is 1.41 bits per heavy atom. The number of hydrogen-bond acceptors (Lipinski definition) is 3. The minimum atomic E-state index is -0.246. The summed E-state index contributed by atoms with van der Waals surface area (Å²) in [7, 11) is 0. The number of benzene rings is 1. The van der Waals surface area contributed by atoms with Crippen LogP contribution in [0.15, 0.2) is 29.1 Å². The number of imidazole rings is 1. The number of aromatic nitrogens is 2. The summed E-state index contributed by atoms with van der Waals surface area (Å²) >= 11 is 0. The van der Waals surface area contributed by atoms with Gasteiger partial charge in [-0.3, -0.25) is 9.36 Å². The number of amides is 1. The van der Waals surface area contributed by atoms with Crippen LogP contribution < -0.4 is 11.4 Å². The Kier molecular flexibility index (Phi) is 4.02. The maximum absolute atomic E-state index is 12.7. The lowest BCUT2D eigenvalue weighted by Crippen LogP contribution is -2.52. The molecule has 1 saturated heterocycles. The summed E-state index contributed by atoms with van der Waals surface area (Å²) in [6.45, 7) is 3.39. The number of nitrogens with two attached hydrogens (primary N) is 1. The van der Waals surface area contributed by atoms with E-state index >= 15 is 0 Å². The number of para-hydroxylation sites is 2. The van der Waals surface area contributed by atoms with Gasteiger partial charge in [-0.15, -0.1) is 0 Å². The van der Waals surface area contributed by atoms with E-state index in [1.807, 2.05) is 29.2 Å². The van der Waals surface area contributed by atoms with Crippen molar-refractivity contribution in [3.63, 3.8) is 0 Å². The van der Waals surface area contributed by atoms with Gasteiger partial charge in [-0.1, -0.05) is 19.1 Å². The number of H-pyrrole nitrogens is 1. The van der Waals surface area contributed by atoms with Crippen molar-refractivity contribution in [1.29, 1.82) is 0 Å². The predicted molar refractivity (Wildman–Crippen MR) is 85.5 cm³/mol. The fourth-order valence-electron chi connectivity index (χ4n) is 3.41. The second-order valence-electron chi connectivity index (χ2n) is 6.04. The van der Waals surface area contributed by atoms with Crippen molar-refractivity contribution in [1.82, 2.24) is 14.5 Å². The molecule has 2 heterocycles. The average Bonchev–Trinajstić information content (AvgIpc) is 2.83. The van der Waals surface area contributed by atoms with Crippen LogP contribution in [0.3, 0.4) is 0 Å². The number of hydrogen-bond donors (Lipinski definition) is 2. The quantitative estimate of drug-likeness (QED) is 0.884. The SMILES string of the molecule is C[C@H]1CCCN(C(=O)Cn2c(=O)[nH]c3ccccc32)[C@@H]1CN. The molecule has 0 aliphatic carbocycles. The largest absolute Gasteiger partial charge is 0.337 e. The summed E-state index contributed by atoms with van der Waals surface area (Å²) in [6.07, 6.45) is 2.09. The monoisotopic (exact) mass is 302 g/mol. The van der Waals surface area contributed by atoms with Crippen LogP contribution in [0.2, 0.25) is 0 Å². The van der Waals surface area contributed by atoms with E-state index in [-0.39, 0.29) is 24.2 Å². The molecule has 0 radical (unpaired) electrons. The maximum Gasteiger partial charge on any atom is 0.326 e. The summed E-state index contributed by atoms with van der Waals surface area (Å²) in [5.41, 5.74) is 7.11. The average molecular weight is 302 g/mol. The summed E-state index contributed by atoms with van der Waals surface area (Å²) in [4.78, 5) is 29.4. The minimum Gasteiger partial charge on any atom is -0.337 e. The molecule has 0 bridgehead atoms. The highest BCUT2D eigenvalue weighted by Crippen LogP contribution is 2.23. The summed E-state index contributed by atoms with van der Waals surface area (Å²) in [5, 5.41) is 0. The minimum absolute atomic E-state index is 0.0335. The van der Waals surface area contributed by atoms with Crippen molar-refractivity contribution in [2.24, 2.45) is 11.7 Å². The van der Waals surface area contributed by atoms with E-state index in [1.165, 1.54) is 4.57 Å². The number of rotatable bonds is 3. The molecular weight excluding hydrogens is 280 g/mol. The molecule has 0 spiro atoms. The van der Waals surface area contributed by atoms with Crippen LogP contribution in [0.5, 0.6) is 0 Å². The lowest BCUT2D eigenvalue weighted by atomic mass is 9.91. The molecule has 1 fully saturated rings. The lowest BCUT2D eigenvalue weighted by molar-refractivity contribution is -0.136. The van der Waals surface area contributed by atoms with Gasteiger partial charge >= 0.3 is 5.69 Å². The zero-order valence-corrected chi connectivity index (χ0v) is 12.8. The van der Waals surface area contributed by atoms with E-state index in [0.717, 1.165) is 30.4 Å². The highest BCUT2D eigenvalue weighted by atomic mass is 16.2. The van der Waals surface area contributed by atoms with E-state index in [4.69, 9.17) is 5.73 Å². The second-order valence-corrected chi connectivity index (χ2v) is 6.04. The standard InChI is InChI=1S/C16H22N4O2/c1-11-5-4-8-19(14(11)9-17)15(21)10-20-13-7-3-2-6-12(13)18-16(20)22/h2-3,6-7,11,14H,4-5,8-10,17H2,1H3,(H,18,22)/t11-,14+/m0/s1. The van der Waals surface area contributed by atoms with Crippen LogP contribution in [0.25, 0.3) is 11.0 Å². The molecule has 2 aromatic rings. The van der Waals surface area contributed by atoms with Crippen LogP contribution in [-0.4, -0.2) is 39.5 Å². The van der Waals surface area contributed by atoms with Gasteiger partial charge in [-0.2, -0.15) is 0 Å². The number of aromatic amines is 1. The number of likely N-dealkylation sites (tertiary alicyclic amines) is 1. The first-order chi connectivity index (χ1) is 10.6. The zero-order chi connectivity index (χ0) is 15.7. The van der Waals surface area contributed by atoms with Crippen molar-refractivity contribution in [3.05, 3.63) is 34.7 Å². The Bertz CT molecular complexity index is 733. The molecular formula is C16H22N4O2. The van der Waals surface area contributed by atoms with Crippen molar-refractivity contribution in [2.75, 3.05) is 13.1 Å². The number of piperidine rings is 1. The Morgan fingerprint density at radius 2 is 2.18 bits per heavy atom. The summed E-state index contributed by atoms with van der Waals surface area (Å²) in [6, 6.07) is 7.48. The second kappa shape index (κ2) is 5.96. The third-order valence-electron chi connectivity index (χ3n) is 4.65. The Hall–Kier alpha value is -2.08. The number of nitrogens with zero attached hydrogens (tertiary/aromatic N) is 2. The first-order valence-electron chi connectivity index (χ1n) is 7.79. The number of carbonyl (C=O) groups is 1. The van der Waals surface area contributed by atoms with Crippen molar-refractivity contribution in [2.45, 2.75) is 32.4 Å². The number of fused-ring (bicyclic) bond motifs is 1. The number of carbonyl (C=O) groups excluding carboxylic acids is 1. The topological polar surface area (TPSA) is 84.1 Å². The summed E-state index contributed by atoms with van der Waals surface area (Å²) < 4.78 is 1.50. The first kappa shape index (κ1) is 14.8. The van der Waals surface area contributed by atoms with Crippen LogP contribution in [-0.2, 0) is 11.3 Å². The third kappa shape index (κ3) is 2.54. The molecule has 2 atom stereocenters. The third-order valence-corrected chi connectivity index (χ3v) is 4.65.